The van der Waals surface area contributed by atoms with Crippen LogP contribution in [-0.2, 0) is 0 Å². The predicted octanol–water partition coefficient (Wildman–Crippen LogP) is 2.95. The van der Waals surface area contributed by atoms with Crippen molar-refractivity contribution in [3.63, 3.8) is 0 Å². The van der Waals surface area contributed by atoms with Crippen LogP contribution >= 0.6 is 0 Å². The Balaban J connectivity index is 1.60. The Bertz CT molecular complexity index is 155. The summed E-state index contributed by atoms with van der Waals surface area (Å²) in [5.74, 6) is 2.14. The fraction of sp³-hybridized carbons (Fsp3) is 1.00. The molecule has 0 spiro atoms. The molecule has 0 saturated heterocycles. The number of rotatable bonds is 5. The third-order valence-electron chi connectivity index (χ3n) is 3.92. The van der Waals surface area contributed by atoms with E-state index in [2.05, 4.69) is 12.2 Å². The molecule has 0 aliphatic heterocycles. The van der Waals surface area contributed by atoms with E-state index in [1.54, 1.807) is 0 Å². The van der Waals surface area contributed by atoms with Crippen molar-refractivity contribution in [3.8, 4) is 0 Å². The summed E-state index contributed by atoms with van der Waals surface area (Å²) >= 11 is 0. The lowest BCUT2D eigenvalue weighted by molar-refractivity contribution is 0.349. The lowest BCUT2D eigenvalue weighted by atomic mass is 9.95. The highest BCUT2D eigenvalue weighted by Gasteiger charge is 2.38. The number of hydrogen-bond acceptors (Lipinski definition) is 1. The molecule has 1 nitrogen and oxygen atoms in total. The summed E-state index contributed by atoms with van der Waals surface area (Å²) < 4.78 is 0. The number of unbranched alkanes of at least 4 members (excludes halogenated alkanes) is 2. The van der Waals surface area contributed by atoms with Gasteiger partial charge < -0.3 is 5.32 Å². The van der Waals surface area contributed by atoms with Crippen LogP contribution in [0.15, 0.2) is 0 Å². The quantitative estimate of drug-likeness (QED) is 0.643. The van der Waals surface area contributed by atoms with Crippen LogP contribution in [0.2, 0.25) is 0 Å². The molecule has 2 aliphatic carbocycles. The third kappa shape index (κ3) is 2.25. The van der Waals surface area contributed by atoms with Crippen molar-refractivity contribution in [3.05, 3.63) is 0 Å². The van der Waals surface area contributed by atoms with E-state index >= 15 is 0 Å². The molecule has 3 atom stereocenters. The van der Waals surface area contributed by atoms with Gasteiger partial charge in [-0.1, -0.05) is 26.2 Å². The fourth-order valence-electron chi connectivity index (χ4n) is 3.16. The molecule has 76 valence electrons. The molecule has 0 amide bonds. The second-order valence-corrected chi connectivity index (χ2v) is 4.94. The highest BCUT2D eigenvalue weighted by atomic mass is 14.9. The Labute approximate surface area is 82.3 Å². The molecule has 2 rings (SSSR count). The molecule has 1 heteroatoms. The van der Waals surface area contributed by atoms with Gasteiger partial charge in [-0.15, -0.1) is 0 Å². The molecule has 0 radical (unpaired) electrons. The van der Waals surface area contributed by atoms with Crippen molar-refractivity contribution in [1.82, 2.24) is 5.32 Å². The summed E-state index contributed by atoms with van der Waals surface area (Å²) in [6.07, 6.45) is 10.2. The van der Waals surface area contributed by atoms with Crippen molar-refractivity contribution in [2.24, 2.45) is 11.8 Å². The standard InChI is InChI=1S/C12H23N/c1-2-3-4-7-13-12-9-10-5-6-11(12)8-10/h10-13H,2-9H2,1H3/t10-,11-,12-/m1/s1. The maximum Gasteiger partial charge on any atom is 0.00980 e. The maximum absolute atomic E-state index is 3.75. The summed E-state index contributed by atoms with van der Waals surface area (Å²) in [5, 5.41) is 3.75. The first-order valence-electron chi connectivity index (χ1n) is 6.13. The summed E-state index contributed by atoms with van der Waals surface area (Å²) in [4.78, 5) is 0. The topological polar surface area (TPSA) is 12.0 Å². The van der Waals surface area contributed by atoms with Gasteiger partial charge in [0.1, 0.15) is 0 Å². The minimum Gasteiger partial charge on any atom is -0.314 e. The largest absolute Gasteiger partial charge is 0.314 e. The second-order valence-electron chi connectivity index (χ2n) is 4.94. The Kier molecular flexibility index (Phi) is 3.26. The molecule has 2 aliphatic rings. The van der Waals surface area contributed by atoms with E-state index in [1.807, 2.05) is 0 Å². The second kappa shape index (κ2) is 4.45. The molecule has 2 fully saturated rings. The van der Waals surface area contributed by atoms with Crippen LogP contribution in [0.4, 0.5) is 0 Å². The van der Waals surface area contributed by atoms with E-state index in [9.17, 15) is 0 Å². The van der Waals surface area contributed by atoms with E-state index in [4.69, 9.17) is 0 Å². The summed E-state index contributed by atoms with van der Waals surface area (Å²) in [6, 6.07) is 0.899. The average molecular weight is 181 g/mol. The van der Waals surface area contributed by atoms with Crippen LogP contribution in [0, 0.1) is 11.8 Å². The van der Waals surface area contributed by atoms with Crippen molar-refractivity contribution in [1.29, 1.82) is 0 Å². The Morgan fingerprint density at radius 1 is 1.15 bits per heavy atom. The van der Waals surface area contributed by atoms with Gasteiger partial charge in [-0.2, -0.15) is 0 Å². The summed E-state index contributed by atoms with van der Waals surface area (Å²) in [5.41, 5.74) is 0. The zero-order valence-electron chi connectivity index (χ0n) is 8.89. The molecule has 1 N–H and O–H groups in total. The van der Waals surface area contributed by atoms with Gasteiger partial charge in [-0.05, 0) is 44.1 Å². The first-order valence-corrected chi connectivity index (χ1v) is 6.13. The van der Waals surface area contributed by atoms with E-state index in [-0.39, 0.29) is 0 Å². The number of hydrogen-bond donors (Lipinski definition) is 1. The molecular formula is C12H23N. The molecule has 0 unspecified atom stereocenters. The van der Waals surface area contributed by atoms with Gasteiger partial charge in [-0.25, -0.2) is 0 Å². The molecular weight excluding hydrogens is 158 g/mol. The fourth-order valence-corrected chi connectivity index (χ4v) is 3.16. The smallest absolute Gasteiger partial charge is 0.00980 e. The first kappa shape index (κ1) is 9.51. The van der Waals surface area contributed by atoms with E-state index in [0.717, 1.165) is 17.9 Å². The van der Waals surface area contributed by atoms with Crippen molar-refractivity contribution in [2.75, 3.05) is 6.54 Å². The molecule has 0 heterocycles. The van der Waals surface area contributed by atoms with Crippen LogP contribution in [0.25, 0.3) is 0 Å². The lowest BCUT2D eigenvalue weighted by Gasteiger charge is -2.22. The van der Waals surface area contributed by atoms with Gasteiger partial charge in [0, 0.05) is 6.04 Å². The minimum absolute atomic E-state index is 0.899. The lowest BCUT2D eigenvalue weighted by Crippen LogP contribution is -2.34. The number of nitrogens with one attached hydrogen (secondary N) is 1. The summed E-state index contributed by atoms with van der Waals surface area (Å²) in [7, 11) is 0. The van der Waals surface area contributed by atoms with Gasteiger partial charge in [0.2, 0.25) is 0 Å². The zero-order valence-corrected chi connectivity index (χ0v) is 8.89. The molecule has 2 bridgehead atoms. The van der Waals surface area contributed by atoms with Crippen LogP contribution in [0.1, 0.15) is 51.9 Å². The van der Waals surface area contributed by atoms with Gasteiger partial charge in [0.15, 0.2) is 0 Å². The highest BCUT2D eigenvalue weighted by molar-refractivity contribution is 4.93. The van der Waals surface area contributed by atoms with Gasteiger partial charge in [0.05, 0.1) is 0 Å². The Morgan fingerprint density at radius 2 is 2.08 bits per heavy atom. The normalized spacial score (nSPS) is 37.2. The van der Waals surface area contributed by atoms with E-state index in [1.165, 1.54) is 51.5 Å². The van der Waals surface area contributed by atoms with Crippen molar-refractivity contribution >= 4 is 0 Å². The van der Waals surface area contributed by atoms with Gasteiger partial charge in [-0.3, -0.25) is 0 Å². The third-order valence-corrected chi connectivity index (χ3v) is 3.92. The number of fused-ring (bicyclic) bond motifs is 2. The minimum atomic E-state index is 0.899. The van der Waals surface area contributed by atoms with Crippen LogP contribution < -0.4 is 5.32 Å². The van der Waals surface area contributed by atoms with Gasteiger partial charge in [0.25, 0.3) is 0 Å². The summed E-state index contributed by atoms with van der Waals surface area (Å²) in [6.45, 7) is 3.54. The van der Waals surface area contributed by atoms with Crippen LogP contribution in [0.3, 0.4) is 0 Å². The predicted molar refractivity (Wildman–Crippen MR) is 56.8 cm³/mol. The van der Waals surface area contributed by atoms with E-state index in [0.29, 0.717) is 0 Å². The average Bonchev–Trinajstić information content (AvgIpc) is 2.73. The molecule has 0 aromatic rings. The van der Waals surface area contributed by atoms with E-state index < -0.39 is 0 Å². The van der Waals surface area contributed by atoms with Gasteiger partial charge >= 0.3 is 0 Å². The Morgan fingerprint density at radius 3 is 2.69 bits per heavy atom. The maximum atomic E-state index is 3.75. The van der Waals surface area contributed by atoms with Crippen molar-refractivity contribution < 1.29 is 0 Å². The zero-order chi connectivity index (χ0) is 9.10. The SMILES string of the molecule is CCCCCN[C@@H]1C[C@@H]2CC[C@@H]1C2. The van der Waals surface area contributed by atoms with Crippen LogP contribution in [-0.4, -0.2) is 12.6 Å². The Hall–Kier alpha value is -0.0400. The van der Waals surface area contributed by atoms with Crippen LogP contribution in [0.5, 0.6) is 0 Å². The molecule has 13 heavy (non-hydrogen) atoms. The molecule has 2 saturated carbocycles. The van der Waals surface area contributed by atoms with Crippen molar-refractivity contribution in [2.45, 2.75) is 57.9 Å². The first-order chi connectivity index (χ1) is 6.40. The monoisotopic (exact) mass is 181 g/mol. The molecule has 0 aromatic carbocycles. The highest BCUT2D eigenvalue weighted by Crippen LogP contribution is 2.44. The molecule has 0 aromatic heterocycles.